The van der Waals surface area contributed by atoms with E-state index in [0.717, 1.165) is 24.3 Å². The standard InChI is InChI=1S/C9H18ClNO2S/c10-4-1-3-9(13)11-5-8-14-7-2-6-12/h12H,1-8H2,(H,11,13). The van der Waals surface area contributed by atoms with Crippen molar-refractivity contribution in [3.63, 3.8) is 0 Å². The van der Waals surface area contributed by atoms with Crippen LogP contribution >= 0.6 is 23.4 Å². The number of thioether (sulfide) groups is 1. The summed E-state index contributed by atoms with van der Waals surface area (Å²) in [6.45, 7) is 0.951. The summed E-state index contributed by atoms with van der Waals surface area (Å²) in [5, 5.41) is 11.3. The summed E-state index contributed by atoms with van der Waals surface area (Å²) < 4.78 is 0. The van der Waals surface area contributed by atoms with E-state index in [0.29, 0.717) is 18.8 Å². The van der Waals surface area contributed by atoms with Gasteiger partial charge in [-0.2, -0.15) is 11.8 Å². The number of rotatable bonds is 9. The van der Waals surface area contributed by atoms with E-state index in [4.69, 9.17) is 16.7 Å². The first kappa shape index (κ1) is 14.1. The summed E-state index contributed by atoms with van der Waals surface area (Å²) in [4.78, 5) is 11.1. The number of hydrogen-bond donors (Lipinski definition) is 2. The molecule has 0 aromatic carbocycles. The topological polar surface area (TPSA) is 49.3 Å². The Morgan fingerprint density at radius 3 is 2.79 bits per heavy atom. The monoisotopic (exact) mass is 239 g/mol. The average molecular weight is 240 g/mol. The second-order valence-corrected chi connectivity index (χ2v) is 4.43. The van der Waals surface area contributed by atoms with Crippen molar-refractivity contribution >= 4 is 29.3 Å². The van der Waals surface area contributed by atoms with E-state index in [1.807, 2.05) is 0 Å². The predicted molar refractivity (Wildman–Crippen MR) is 62.0 cm³/mol. The van der Waals surface area contributed by atoms with Crippen LogP contribution in [0.15, 0.2) is 0 Å². The van der Waals surface area contributed by atoms with E-state index in [9.17, 15) is 4.79 Å². The van der Waals surface area contributed by atoms with Crippen molar-refractivity contribution in [1.82, 2.24) is 5.32 Å². The molecule has 14 heavy (non-hydrogen) atoms. The van der Waals surface area contributed by atoms with Crippen molar-refractivity contribution in [2.45, 2.75) is 19.3 Å². The molecular formula is C9H18ClNO2S. The molecule has 0 unspecified atom stereocenters. The third-order valence-corrected chi connectivity index (χ3v) is 2.89. The van der Waals surface area contributed by atoms with E-state index >= 15 is 0 Å². The molecule has 0 radical (unpaired) electrons. The Morgan fingerprint density at radius 2 is 2.14 bits per heavy atom. The maximum absolute atomic E-state index is 11.1. The van der Waals surface area contributed by atoms with Gasteiger partial charge in [-0.25, -0.2) is 0 Å². The van der Waals surface area contributed by atoms with Crippen LogP contribution in [0.2, 0.25) is 0 Å². The lowest BCUT2D eigenvalue weighted by molar-refractivity contribution is -0.120. The molecule has 0 atom stereocenters. The Morgan fingerprint density at radius 1 is 1.36 bits per heavy atom. The summed E-state index contributed by atoms with van der Waals surface area (Å²) in [7, 11) is 0. The minimum absolute atomic E-state index is 0.0772. The van der Waals surface area contributed by atoms with Gasteiger partial charge in [0.2, 0.25) is 5.91 Å². The molecular weight excluding hydrogens is 222 g/mol. The van der Waals surface area contributed by atoms with Crippen LogP contribution in [-0.4, -0.2) is 41.6 Å². The Hall–Kier alpha value is 0.0700. The minimum Gasteiger partial charge on any atom is -0.396 e. The van der Waals surface area contributed by atoms with Crippen LogP contribution < -0.4 is 5.32 Å². The van der Waals surface area contributed by atoms with Crippen molar-refractivity contribution in [2.75, 3.05) is 30.5 Å². The first-order valence-corrected chi connectivity index (χ1v) is 6.51. The van der Waals surface area contributed by atoms with Crippen LogP contribution in [0.25, 0.3) is 0 Å². The molecule has 0 aromatic heterocycles. The van der Waals surface area contributed by atoms with Crippen LogP contribution in [0.5, 0.6) is 0 Å². The van der Waals surface area contributed by atoms with Gasteiger partial charge in [-0.3, -0.25) is 4.79 Å². The molecule has 3 nitrogen and oxygen atoms in total. The molecule has 0 aliphatic heterocycles. The number of carbonyl (C=O) groups excluding carboxylic acids is 1. The average Bonchev–Trinajstić information content (AvgIpc) is 2.20. The minimum atomic E-state index is 0.0772. The highest BCUT2D eigenvalue weighted by molar-refractivity contribution is 7.99. The fourth-order valence-corrected chi connectivity index (χ4v) is 1.76. The third kappa shape index (κ3) is 10.2. The quantitative estimate of drug-likeness (QED) is 0.470. The third-order valence-electron chi connectivity index (χ3n) is 1.55. The number of aliphatic hydroxyl groups is 1. The van der Waals surface area contributed by atoms with Crippen LogP contribution in [0.3, 0.4) is 0 Å². The fraction of sp³-hybridized carbons (Fsp3) is 0.889. The number of carbonyl (C=O) groups is 1. The summed E-state index contributed by atoms with van der Waals surface area (Å²) >= 11 is 7.20. The number of hydrogen-bond acceptors (Lipinski definition) is 3. The van der Waals surface area contributed by atoms with Gasteiger partial charge < -0.3 is 10.4 Å². The molecule has 0 fully saturated rings. The molecule has 0 rings (SSSR count). The van der Waals surface area contributed by atoms with Crippen LogP contribution in [0.4, 0.5) is 0 Å². The second-order valence-electron chi connectivity index (χ2n) is 2.83. The molecule has 0 aromatic rings. The molecule has 0 saturated carbocycles. The van der Waals surface area contributed by atoms with Gasteiger partial charge in [0, 0.05) is 31.2 Å². The first-order valence-electron chi connectivity index (χ1n) is 4.82. The summed E-state index contributed by atoms with van der Waals surface area (Å²) in [5.74, 6) is 2.48. The number of alkyl halides is 1. The van der Waals surface area contributed by atoms with Crippen LogP contribution in [0, 0.1) is 0 Å². The molecule has 0 bridgehead atoms. The lowest BCUT2D eigenvalue weighted by Gasteiger charge is -2.03. The molecule has 0 heterocycles. The van der Waals surface area contributed by atoms with Crippen molar-refractivity contribution in [3.05, 3.63) is 0 Å². The Labute approximate surface area is 94.6 Å². The second kappa shape index (κ2) is 11.1. The van der Waals surface area contributed by atoms with Gasteiger partial charge in [-0.15, -0.1) is 11.6 Å². The van der Waals surface area contributed by atoms with E-state index in [1.165, 1.54) is 0 Å². The van der Waals surface area contributed by atoms with E-state index in [1.54, 1.807) is 11.8 Å². The van der Waals surface area contributed by atoms with Gasteiger partial charge >= 0.3 is 0 Å². The highest BCUT2D eigenvalue weighted by Gasteiger charge is 1.98. The molecule has 2 N–H and O–H groups in total. The SMILES string of the molecule is O=C(CCCCl)NCCSCCCO. The maximum atomic E-state index is 11.1. The zero-order valence-corrected chi connectivity index (χ0v) is 9.87. The predicted octanol–water partition coefficient (Wildman–Crippen LogP) is 1.24. The summed E-state index contributed by atoms with van der Waals surface area (Å²) in [6.07, 6.45) is 2.08. The molecule has 1 amide bonds. The van der Waals surface area contributed by atoms with Crippen molar-refractivity contribution in [2.24, 2.45) is 0 Å². The summed E-state index contributed by atoms with van der Waals surface area (Å²) in [5.41, 5.74) is 0. The van der Waals surface area contributed by atoms with Crippen molar-refractivity contribution in [3.8, 4) is 0 Å². The van der Waals surface area contributed by atoms with Crippen molar-refractivity contribution < 1.29 is 9.90 Å². The highest BCUT2D eigenvalue weighted by Crippen LogP contribution is 2.00. The smallest absolute Gasteiger partial charge is 0.220 e. The molecule has 5 heteroatoms. The van der Waals surface area contributed by atoms with Gasteiger partial charge in [-0.05, 0) is 18.6 Å². The number of aliphatic hydroxyl groups excluding tert-OH is 1. The highest BCUT2D eigenvalue weighted by atomic mass is 35.5. The van der Waals surface area contributed by atoms with E-state index < -0.39 is 0 Å². The lowest BCUT2D eigenvalue weighted by Crippen LogP contribution is -2.25. The molecule has 0 aliphatic rings. The van der Waals surface area contributed by atoms with Gasteiger partial charge in [0.25, 0.3) is 0 Å². The van der Waals surface area contributed by atoms with Gasteiger partial charge in [-0.1, -0.05) is 0 Å². The normalized spacial score (nSPS) is 10.1. The number of amides is 1. The van der Waals surface area contributed by atoms with E-state index in [-0.39, 0.29) is 12.5 Å². The van der Waals surface area contributed by atoms with Crippen LogP contribution in [0.1, 0.15) is 19.3 Å². The number of nitrogens with one attached hydrogen (secondary N) is 1. The molecule has 0 saturated heterocycles. The Balaban J connectivity index is 3.07. The summed E-state index contributed by atoms with van der Waals surface area (Å²) in [6, 6.07) is 0. The molecule has 0 spiro atoms. The van der Waals surface area contributed by atoms with Gasteiger partial charge in [0.1, 0.15) is 0 Å². The maximum Gasteiger partial charge on any atom is 0.220 e. The fourth-order valence-electron chi connectivity index (χ4n) is 0.847. The molecule has 0 aliphatic carbocycles. The first-order chi connectivity index (χ1) is 6.81. The zero-order chi connectivity index (χ0) is 10.6. The Bertz CT molecular complexity index is 147. The van der Waals surface area contributed by atoms with Gasteiger partial charge in [0.15, 0.2) is 0 Å². The van der Waals surface area contributed by atoms with Crippen molar-refractivity contribution in [1.29, 1.82) is 0 Å². The Kier molecular flexibility index (Phi) is 11.2. The van der Waals surface area contributed by atoms with Crippen LogP contribution in [-0.2, 0) is 4.79 Å². The lowest BCUT2D eigenvalue weighted by atomic mass is 10.3. The largest absolute Gasteiger partial charge is 0.396 e. The van der Waals surface area contributed by atoms with E-state index in [2.05, 4.69) is 5.32 Å². The van der Waals surface area contributed by atoms with Gasteiger partial charge in [0.05, 0.1) is 0 Å². The number of halogens is 1. The molecule has 84 valence electrons. The zero-order valence-electron chi connectivity index (χ0n) is 8.30.